The summed E-state index contributed by atoms with van der Waals surface area (Å²) >= 11 is 6.03. The smallest absolute Gasteiger partial charge is 0.311 e. The standard InChI is InChI=1S/C21H21ClN2O4/c1-13-7-8-16(10-17(13)22)23-19(25)12-28-21(27)15-9-20(26)24(11-15)18-6-4-3-5-14(18)2/h3-8,10,15H,9,11-12H2,1-2H3,(H,23,25)/t15-/m1/s1. The van der Waals surface area contributed by atoms with Crippen LogP contribution in [0, 0.1) is 19.8 Å². The van der Waals surface area contributed by atoms with Gasteiger partial charge in [0, 0.05) is 29.4 Å². The molecular weight excluding hydrogens is 380 g/mol. The SMILES string of the molecule is Cc1ccc(NC(=O)COC(=O)[C@@H]2CC(=O)N(c3ccccc3C)C2)cc1Cl. The summed E-state index contributed by atoms with van der Waals surface area (Å²) in [6, 6.07) is 12.6. The first-order valence-electron chi connectivity index (χ1n) is 8.94. The molecule has 1 fully saturated rings. The molecule has 0 bridgehead atoms. The highest BCUT2D eigenvalue weighted by Crippen LogP contribution is 2.28. The Balaban J connectivity index is 1.54. The molecule has 2 amide bonds. The van der Waals surface area contributed by atoms with E-state index in [-0.39, 0.29) is 18.9 Å². The van der Waals surface area contributed by atoms with Crippen molar-refractivity contribution in [3.63, 3.8) is 0 Å². The summed E-state index contributed by atoms with van der Waals surface area (Å²) in [5.74, 6) is -1.74. The molecule has 0 radical (unpaired) electrons. The summed E-state index contributed by atoms with van der Waals surface area (Å²) in [5.41, 5.74) is 3.17. The first-order valence-corrected chi connectivity index (χ1v) is 9.31. The van der Waals surface area contributed by atoms with Crippen LogP contribution in [0.25, 0.3) is 0 Å². The van der Waals surface area contributed by atoms with Gasteiger partial charge in [0.15, 0.2) is 6.61 Å². The van der Waals surface area contributed by atoms with Gasteiger partial charge in [0.1, 0.15) is 0 Å². The van der Waals surface area contributed by atoms with Gasteiger partial charge in [-0.05, 0) is 43.2 Å². The molecule has 0 saturated carbocycles. The van der Waals surface area contributed by atoms with Gasteiger partial charge in [-0.1, -0.05) is 35.9 Å². The molecule has 28 heavy (non-hydrogen) atoms. The Hall–Kier alpha value is -2.86. The molecule has 146 valence electrons. The normalized spacial score (nSPS) is 16.2. The van der Waals surface area contributed by atoms with Crippen molar-refractivity contribution >= 4 is 40.8 Å². The molecule has 1 aliphatic rings. The van der Waals surface area contributed by atoms with Crippen LogP contribution in [0.15, 0.2) is 42.5 Å². The van der Waals surface area contributed by atoms with Crippen molar-refractivity contribution in [2.24, 2.45) is 5.92 Å². The molecule has 1 saturated heterocycles. The third-order valence-electron chi connectivity index (χ3n) is 4.67. The van der Waals surface area contributed by atoms with Crippen LogP contribution in [-0.2, 0) is 19.1 Å². The second kappa shape index (κ2) is 8.44. The minimum absolute atomic E-state index is 0.0718. The first kappa shape index (κ1) is 19.9. The number of aryl methyl sites for hydroxylation is 2. The lowest BCUT2D eigenvalue weighted by molar-refractivity contribution is -0.151. The van der Waals surface area contributed by atoms with E-state index in [9.17, 15) is 14.4 Å². The molecule has 0 spiro atoms. The number of carbonyl (C=O) groups is 3. The number of nitrogens with one attached hydrogen (secondary N) is 1. The van der Waals surface area contributed by atoms with Crippen molar-refractivity contribution in [1.29, 1.82) is 0 Å². The van der Waals surface area contributed by atoms with Gasteiger partial charge < -0.3 is 15.0 Å². The third-order valence-corrected chi connectivity index (χ3v) is 5.07. The van der Waals surface area contributed by atoms with Gasteiger partial charge in [0.05, 0.1) is 5.92 Å². The molecular formula is C21H21ClN2O4. The fourth-order valence-electron chi connectivity index (χ4n) is 3.09. The number of hydrogen-bond acceptors (Lipinski definition) is 4. The maximum absolute atomic E-state index is 12.3. The zero-order valence-electron chi connectivity index (χ0n) is 15.7. The lowest BCUT2D eigenvalue weighted by Crippen LogP contribution is -2.28. The van der Waals surface area contributed by atoms with Crippen molar-refractivity contribution in [3.05, 3.63) is 58.6 Å². The maximum atomic E-state index is 12.3. The summed E-state index contributed by atoms with van der Waals surface area (Å²) in [6.07, 6.45) is 0.0718. The van der Waals surface area contributed by atoms with Gasteiger partial charge in [0.2, 0.25) is 5.91 Å². The number of nitrogens with zero attached hydrogens (tertiary/aromatic N) is 1. The Morgan fingerprint density at radius 3 is 2.64 bits per heavy atom. The lowest BCUT2D eigenvalue weighted by atomic mass is 10.1. The average molecular weight is 401 g/mol. The van der Waals surface area contributed by atoms with E-state index in [4.69, 9.17) is 16.3 Å². The lowest BCUT2D eigenvalue weighted by Gasteiger charge is -2.18. The van der Waals surface area contributed by atoms with Crippen LogP contribution >= 0.6 is 11.6 Å². The van der Waals surface area contributed by atoms with Crippen LogP contribution < -0.4 is 10.2 Å². The Labute approximate surface area is 168 Å². The summed E-state index contributed by atoms with van der Waals surface area (Å²) < 4.78 is 5.11. The highest BCUT2D eigenvalue weighted by Gasteiger charge is 2.36. The fraction of sp³-hybridized carbons (Fsp3) is 0.286. The van der Waals surface area contributed by atoms with Crippen molar-refractivity contribution < 1.29 is 19.1 Å². The molecule has 1 N–H and O–H groups in total. The highest BCUT2D eigenvalue weighted by molar-refractivity contribution is 6.31. The minimum Gasteiger partial charge on any atom is -0.455 e. The van der Waals surface area contributed by atoms with E-state index in [1.54, 1.807) is 23.1 Å². The predicted octanol–water partition coefficient (Wildman–Crippen LogP) is 3.49. The fourth-order valence-corrected chi connectivity index (χ4v) is 3.27. The Kier molecular flexibility index (Phi) is 5.99. The van der Waals surface area contributed by atoms with Crippen molar-refractivity contribution in [2.75, 3.05) is 23.4 Å². The molecule has 2 aromatic rings. The predicted molar refractivity (Wildman–Crippen MR) is 107 cm³/mol. The maximum Gasteiger partial charge on any atom is 0.311 e. The Morgan fingerprint density at radius 1 is 1.18 bits per heavy atom. The quantitative estimate of drug-likeness (QED) is 0.779. The summed E-state index contributed by atoms with van der Waals surface area (Å²) in [5, 5.41) is 3.17. The van der Waals surface area contributed by atoms with Gasteiger partial charge in [-0.25, -0.2) is 0 Å². The van der Waals surface area contributed by atoms with Gasteiger partial charge in [0.25, 0.3) is 5.91 Å². The van der Waals surface area contributed by atoms with E-state index in [0.29, 0.717) is 10.7 Å². The first-order chi connectivity index (χ1) is 13.3. The van der Waals surface area contributed by atoms with Gasteiger partial charge in [-0.15, -0.1) is 0 Å². The summed E-state index contributed by atoms with van der Waals surface area (Å²) in [7, 11) is 0. The van der Waals surface area contributed by atoms with Crippen molar-refractivity contribution in [3.8, 4) is 0 Å². The van der Waals surface area contributed by atoms with E-state index in [0.717, 1.165) is 16.8 Å². The molecule has 1 atom stereocenters. The number of rotatable bonds is 5. The minimum atomic E-state index is -0.589. The number of benzene rings is 2. The van der Waals surface area contributed by atoms with Crippen LogP contribution in [0.2, 0.25) is 5.02 Å². The highest BCUT2D eigenvalue weighted by atomic mass is 35.5. The topological polar surface area (TPSA) is 75.7 Å². The van der Waals surface area contributed by atoms with Gasteiger partial charge in [-0.2, -0.15) is 0 Å². The van der Waals surface area contributed by atoms with Crippen LogP contribution in [0.5, 0.6) is 0 Å². The average Bonchev–Trinajstić information content (AvgIpc) is 3.05. The van der Waals surface area contributed by atoms with E-state index in [1.807, 2.05) is 38.1 Å². The van der Waals surface area contributed by atoms with E-state index < -0.39 is 24.4 Å². The number of halogens is 1. The molecule has 6 nitrogen and oxygen atoms in total. The van der Waals surface area contributed by atoms with Crippen LogP contribution in [-0.4, -0.2) is 30.9 Å². The molecule has 0 aliphatic carbocycles. The molecule has 1 heterocycles. The third kappa shape index (κ3) is 4.51. The monoisotopic (exact) mass is 400 g/mol. The second-order valence-electron chi connectivity index (χ2n) is 6.81. The Morgan fingerprint density at radius 2 is 1.93 bits per heavy atom. The second-order valence-corrected chi connectivity index (χ2v) is 7.22. The number of carbonyl (C=O) groups excluding carboxylic acids is 3. The van der Waals surface area contributed by atoms with Gasteiger partial charge in [-0.3, -0.25) is 14.4 Å². The zero-order chi connectivity index (χ0) is 20.3. The van der Waals surface area contributed by atoms with Crippen LogP contribution in [0.1, 0.15) is 17.5 Å². The summed E-state index contributed by atoms with van der Waals surface area (Å²) in [4.78, 5) is 38.2. The molecule has 7 heteroatoms. The summed E-state index contributed by atoms with van der Waals surface area (Å²) in [6.45, 7) is 3.60. The number of ether oxygens (including phenoxy) is 1. The number of esters is 1. The largest absolute Gasteiger partial charge is 0.455 e. The van der Waals surface area contributed by atoms with Crippen molar-refractivity contribution in [2.45, 2.75) is 20.3 Å². The zero-order valence-corrected chi connectivity index (χ0v) is 16.5. The Bertz CT molecular complexity index is 928. The number of para-hydroxylation sites is 1. The molecule has 1 aliphatic heterocycles. The van der Waals surface area contributed by atoms with E-state index in [2.05, 4.69) is 5.32 Å². The molecule has 0 aromatic heterocycles. The van der Waals surface area contributed by atoms with Crippen LogP contribution in [0.4, 0.5) is 11.4 Å². The molecule has 2 aromatic carbocycles. The number of hydrogen-bond donors (Lipinski definition) is 1. The van der Waals surface area contributed by atoms with E-state index >= 15 is 0 Å². The van der Waals surface area contributed by atoms with Gasteiger partial charge >= 0.3 is 5.97 Å². The van der Waals surface area contributed by atoms with Crippen LogP contribution in [0.3, 0.4) is 0 Å². The van der Waals surface area contributed by atoms with Crippen molar-refractivity contribution in [1.82, 2.24) is 0 Å². The van der Waals surface area contributed by atoms with E-state index in [1.165, 1.54) is 0 Å². The molecule has 0 unspecified atom stereocenters. The number of anilines is 2. The number of amides is 2. The molecule has 3 rings (SSSR count).